The Bertz CT molecular complexity index is 354. The van der Waals surface area contributed by atoms with Crippen LogP contribution in [-0.2, 0) is 4.79 Å². The largest absolute Gasteiger partial charge is 0.434 e. The Labute approximate surface area is 101 Å². The van der Waals surface area contributed by atoms with E-state index in [1.54, 1.807) is 12.1 Å². The van der Waals surface area contributed by atoms with Crippen LogP contribution < -0.4 is 16.0 Å². The average molecular weight is 290 g/mol. The SMILES string of the molecule is O=CNCCCNC(=O)Nc1ccc(Br)o1. The lowest BCUT2D eigenvalue weighted by Gasteiger charge is -2.04. The van der Waals surface area contributed by atoms with Gasteiger partial charge in [-0.3, -0.25) is 10.1 Å². The Morgan fingerprint density at radius 2 is 2.25 bits per heavy atom. The zero-order valence-electron chi connectivity index (χ0n) is 8.46. The maximum absolute atomic E-state index is 11.3. The van der Waals surface area contributed by atoms with Crippen molar-refractivity contribution in [2.45, 2.75) is 6.42 Å². The fourth-order valence-corrected chi connectivity index (χ4v) is 1.30. The Morgan fingerprint density at radius 3 is 2.88 bits per heavy atom. The summed E-state index contributed by atoms with van der Waals surface area (Å²) in [5, 5.41) is 7.63. The molecular weight excluding hydrogens is 278 g/mol. The summed E-state index contributed by atoms with van der Waals surface area (Å²) < 4.78 is 5.64. The molecule has 88 valence electrons. The molecular formula is C9H12BrN3O3. The van der Waals surface area contributed by atoms with Gasteiger partial charge in [-0.25, -0.2) is 4.79 Å². The molecule has 0 spiro atoms. The summed E-state index contributed by atoms with van der Waals surface area (Å²) in [6.45, 7) is 1.02. The predicted octanol–water partition coefficient (Wildman–Crippen LogP) is 1.30. The van der Waals surface area contributed by atoms with Gasteiger partial charge in [-0.15, -0.1) is 0 Å². The zero-order valence-corrected chi connectivity index (χ0v) is 10.0. The highest BCUT2D eigenvalue weighted by atomic mass is 79.9. The number of furan rings is 1. The van der Waals surface area contributed by atoms with Gasteiger partial charge in [0.15, 0.2) is 4.67 Å². The molecule has 0 aliphatic rings. The van der Waals surface area contributed by atoms with Crippen molar-refractivity contribution < 1.29 is 14.0 Å². The number of nitrogens with one attached hydrogen (secondary N) is 3. The molecule has 0 aliphatic carbocycles. The lowest BCUT2D eigenvalue weighted by Crippen LogP contribution is -2.30. The number of hydrogen-bond donors (Lipinski definition) is 3. The highest BCUT2D eigenvalue weighted by molar-refractivity contribution is 9.10. The van der Waals surface area contributed by atoms with E-state index in [2.05, 4.69) is 31.9 Å². The molecule has 7 heteroatoms. The summed E-state index contributed by atoms with van der Waals surface area (Å²) in [6.07, 6.45) is 1.30. The fourth-order valence-electron chi connectivity index (χ4n) is 0.989. The van der Waals surface area contributed by atoms with Gasteiger partial charge in [-0.2, -0.15) is 0 Å². The Hall–Kier alpha value is -1.50. The molecule has 0 fully saturated rings. The quantitative estimate of drug-likeness (QED) is 0.545. The first-order chi connectivity index (χ1) is 7.72. The molecule has 0 unspecified atom stereocenters. The van der Waals surface area contributed by atoms with Gasteiger partial charge in [-0.05, 0) is 28.4 Å². The van der Waals surface area contributed by atoms with E-state index >= 15 is 0 Å². The van der Waals surface area contributed by atoms with Crippen molar-refractivity contribution in [2.24, 2.45) is 0 Å². The number of urea groups is 1. The van der Waals surface area contributed by atoms with Crippen molar-refractivity contribution in [3.63, 3.8) is 0 Å². The van der Waals surface area contributed by atoms with E-state index < -0.39 is 0 Å². The van der Waals surface area contributed by atoms with E-state index in [0.29, 0.717) is 36.5 Å². The van der Waals surface area contributed by atoms with Crippen molar-refractivity contribution in [1.82, 2.24) is 10.6 Å². The highest BCUT2D eigenvalue weighted by Gasteiger charge is 2.03. The molecule has 0 saturated carbocycles. The first-order valence-corrected chi connectivity index (χ1v) is 5.49. The topological polar surface area (TPSA) is 83.4 Å². The van der Waals surface area contributed by atoms with Gasteiger partial charge >= 0.3 is 6.03 Å². The maximum atomic E-state index is 11.3. The molecule has 3 N–H and O–H groups in total. The molecule has 1 aromatic heterocycles. The Kier molecular flexibility index (Phi) is 5.41. The molecule has 1 aromatic rings. The van der Waals surface area contributed by atoms with E-state index in [9.17, 15) is 9.59 Å². The molecule has 0 saturated heterocycles. The van der Waals surface area contributed by atoms with Crippen molar-refractivity contribution in [3.8, 4) is 0 Å². The van der Waals surface area contributed by atoms with E-state index in [1.165, 1.54) is 0 Å². The first kappa shape index (κ1) is 12.6. The van der Waals surface area contributed by atoms with Gasteiger partial charge in [0.1, 0.15) is 0 Å². The van der Waals surface area contributed by atoms with Crippen molar-refractivity contribution in [3.05, 3.63) is 16.8 Å². The minimum absolute atomic E-state index is 0.340. The summed E-state index contributed by atoms with van der Waals surface area (Å²) in [5.74, 6) is 0.371. The Balaban J connectivity index is 2.14. The molecule has 0 atom stereocenters. The first-order valence-electron chi connectivity index (χ1n) is 4.69. The van der Waals surface area contributed by atoms with Crippen LogP contribution in [0.2, 0.25) is 0 Å². The molecule has 1 heterocycles. The van der Waals surface area contributed by atoms with Crippen LogP contribution in [0.5, 0.6) is 0 Å². The third kappa shape index (κ3) is 4.83. The minimum Gasteiger partial charge on any atom is -0.434 e. The van der Waals surface area contributed by atoms with Gasteiger partial charge in [0.05, 0.1) is 0 Å². The van der Waals surface area contributed by atoms with Crippen LogP contribution in [0.1, 0.15) is 6.42 Å². The van der Waals surface area contributed by atoms with Crippen molar-refractivity contribution >= 4 is 34.3 Å². The zero-order chi connectivity index (χ0) is 11.8. The van der Waals surface area contributed by atoms with E-state index in [4.69, 9.17) is 4.42 Å². The normalized spacial score (nSPS) is 9.56. The second kappa shape index (κ2) is 6.89. The summed E-state index contributed by atoms with van der Waals surface area (Å²) in [6, 6.07) is 2.98. The molecule has 0 radical (unpaired) electrons. The fraction of sp³-hybridized carbons (Fsp3) is 0.333. The predicted molar refractivity (Wildman–Crippen MR) is 62.1 cm³/mol. The molecule has 6 nitrogen and oxygen atoms in total. The minimum atomic E-state index is -0.340. The van der Waals surface area contributed by atoms with Crippen LogP contribution in [-0.4, -0.2) is 25.5 Å². The average Bonchev–Trinajstić information content (AvgIpc) is 2.63. The number of anilines is 1. The van der Waals surface area contributed by atoms with Gasteiger partial charge in [0.2, 0.25) is 12.3 Å². The highest BCUT2D eigenvalue weighted by Crippen LogP contribution is 2.17. The number of rotatable bonds is 6. The van der Waals surface area contributed by atoms with E-state index in [-0.39, 0.29) is 6.03 Å². The number of carbonyl (C=O) groups excluding carboxylic acids is 2. The molecule has 16 heavy (non-hydrogen) atoms. The standard InChI is InChI=1S/C9H12BrN3O3/c10-7-2-3-8(16-7)13-9(15)12-5-1-4-11-6-14/h2-3,6H,1,4-5H2,(H,11,14)(H2,12,13,15). The number of amides is 3. The lowest BCUT2D eigenvalue weighted by molar-refractivity contribution is -0.109. The van der Waals surface area contributed by atoms with Crippen molar-refractivity contribution in [2.75, 3.05) is 18.4 Å². The number of carbonyl (C=O) groups is 2. The van der Waals surface area contributed by atoms with Crippen LogP contribution in [0.15, 0.2) is 21.2 Å². The molecule has 3 amide bonds. The smallest absolute Gasteiger partial charge is 0.321 e. The summed E-state index contributed by atoms with van der Waals surface area (Å²) in [7, 11) is 0. The summed E-state index contributed by atoms with van der Waals surface area (Å²) in [4.78, 5) is 21.2. The van der Waals surface area contributed by atoms with E-state index in [1.807, 2.05) is 0 Å². The monoisotopic (exact) mass is 289 g/mol. The van der Waals surface area contributed by atoms with Gasteiger partial charge in [-0.1, -0.05) is 0 Å². The van der Waals surface area contributed by atoms with Crippen LogP contribution >= 0.6 is 15.9 Å². The van der Waals surface area contributed by atoms with Crippen LogP contribution in [0.4, 0.5) is 10.7 Å². The van der Waals surface area contributed by atoms with Crippen molar-refractivity contribution in [1.29, 1.82) is 0 Å². The third-order valence-electron chi connectivity index (χ3n) is 1.68. The summed E-state index contributed by atoms with van der Waals surface area (Å²) >= 11 is 3.12. The van der Waals surface area contributed by atoms with Gasteiger partial charge in [0, 0.05) is 19.2 Å². The Morgan fingerprint density at radius 1 is 1.44 bits per heavy atom. The van der Waals surface area contributed by atoms with Crippen LogP contribution in [0.3, 0.4) is 0 Å². The molecule has 0 aromatic carbocycles. The van der Waals surface area contributed by atoms with Crippen LogP contribution in [0.25, 0.3) is 0 Å². The second-order valence-corrected chi connectivity index (χ2v) is 3.69. The number of halogens is 1. The third-order valence-corrected chi connectivity index (χ3v) is 2.10. The van der Waals surface area contributed by atoms with Gasteiger partial charge < -0.3 is 15.1 Å². The second-order valence-electron chi connectivity index (χ2n) is 2.91. The molecule has 0 bridgehead atoms. The number of hydrogen-bond acceptors (Lipinski definition) is 3. The summed E-state index contributed by atoms with van der Waals surface area (Å²) in [5.41, 5.74) is 0. The molecule has 0 aliphatic heterocycles. The lowest BCUT2D eigenvalue weighted by atomic mass is 10.4. The van der Waals surface area contributed by atoms with Crippen LogP contribution in [0, 0.1) is 0 Å². The van der Waals surface area contributed by atoms with Gasteiger partial charge in [0.25, 0.3) is 0 Å². The van der Waals surface area contributed by atoms with E-state index in [0.717, 1.165) is 0 Å². The maximum Gasteiger partial charge on any atom is 0.321 e. The molecule has 1 rings (SSSR count).